The first-order valence-electron chi connectivity index (χ1n) is 24.4. The van der Waals surface area contributed by atoms with E-state index in [1.165, 1.54) is 13.8 Å². The van der Waals surface area contributed by atoms with Crippen LogP contribution in [-0.2, 0) is 61.6 Å². The Morgan fingerprint density at radius 1 is 0.263 bits per heavy atom. The van der Waals surface area contributed by atoms with Gasteiger partial charge >= 0.3 is 0 Å². The Morgan fingerprint density at radius 2 is 0.566 bits per heavy atom. The Hall–Kier alpha value is -1.36. The summed E-state index contributed by atoms with van der Waals surface area (Å²) >= 11 is 0. The molecule has 7 rings (SSSR count). The van der Waals surface area contributed by atoms with Crippen LogP contribution in [-0.4, -0.2) is 355 Å². The fourth-order valence-electron chi connectivity index (χ4n) is 9.62. The zero-order valence-corrected chi connectivity index (χ0v) is 40.4. The molecule has 0 radical (unpaired) electrons. The molecule has 7 saturated heterocycles. The number of hydrogen-bond donors (Lipinski definition) is 21. The lowest BCUT2D eigenvalue weighted by Crippen LogP contribution is -2.69. The van der Waals surface area contributed by atoms with E-state index in [1.807, 2.05) is 0 Å². The first-order valence-corrected chi connectivity index (χ1v) is 24.4. The largest absolute Gasteiger partial charge is 0.394 e. The van der Waals surface area contributed by atoms with Crippen LogP contribution in [0.5, 0.6) is 0 Å². The highest BCUT2D eigenvalue weighted by molar-refractivity contribution is 5.01. The maximum Gasteiger partial charge on any atom is 0.187 e. The summed E-state index contributed by atoms with van der Waals surface area (Å²) in [6, 6.07) is 0. The van der Waals surface area contributed by atoms with Crippen LogP contribution in [0.2, 0.25) is 0 Å². The Labute approximate surface area is 430 Å². The second-order valence-electron chi connectivity index (χ2n) is 19.6. The van der Waals surface area contributed by atoms with E-state index in [-0.39, 0.29) is 0 Å². The maximum atomic E-state index is 12.2. The van der Waals surface area contributed by atoms with E-state index in [9.17, 15) is 107 Å². The van der Waals surface area contributed by atoms with E-state index in [4.69, 9.17) is 61.6 Å². The van der Waals surface area contributed by atoms with E-state index < -0.39 is 248 Å². The minimum atomic E-state index is -2.35. The van der Waals surface area contributed by atoms with Crippen molar-refractivity contribution in [1.82, 2.24) is 0 Å². The molecule has 34 heteroatoms. The van der Waals surface area contributed by atoms with Gasteiger partial charge in [0.15, 0.2) is 44.0 Å². The molecule has 76 heavy (non-hydrogen) atoms. The second-order valence-corrected chi connectivity index (χ2v) is 19.6. The monoisotopic (exact) mass is 1120 g/mol. The molecule has 0 aromatic carbocycles. The van der Waals surface area contributed by atoms with Crippen molar-refractivity contribution in [1.29, 1.82) is 0 Å². The van der Waals surface area contributed by atoms with Gasteiger partial charge in [-0.3, -0.25) is 0 Å². The van der Waals surface area contributed by atoms with Gasteiger partial charge in [0.1, 0.15) is 159 Å². The lowest BCUT2D eigenvalue weighted by atomic mass is 9.95. The predicted molar refractivity (Wildman–Crippen MR) is 229 cm³/mol. The number of hydrogen-bond acceptors (Lipinski definition) is 34. The van der Waals surface area contributed by atoms with Crippen molar-refractivity contribution in [3.8, 4) is 0 Å². The third-order valence-corrected chi connectivity index (χ3v) is 14.4. The third kappa shape index (κ3) is 12.8. The van der Waals surface area contributed by atoms with Gasteiger partial charge in [0.2, 0.25) is 0 Å². The molecule has 0 amide bonds. The Morgan fingerprint density at radius 3 is 1.05 bits per heavy atom. The molecule has 0 aromatic heterocycles. The molecule has 7 fully saturated rings. The summed E-state index contributed by atoms with van der Waals surface area (Å²) in [7, 11) is 0. The van der Waals surface area contributed by atoms with Crippen LogP contribution in [0.4, 0.5) is 0 Å². The van der Waals surface area contributed by atoms with Crippen molar-refractivity contribution in [2.24, 2.45) is 0 Å². The topological polar surface area (TPSA) is 545 Å². The normalized spacial score (nSPS) is 54.6. The first kappa shape index (κ1) is 62.2. The summed E-state index contributed by atoms with van der Waals surface area (Å²) in [5.41, 5.74) is 0. The van der Waals surface area contributed by atoms with E-state index in [0.29, 0.717) is 0 Å². The van der Waals surface area contributed by atoms with Crippen LogP contribution >= 0.6 is 0 Å². The number of aliphatic hydroxyl groups excluding tert-OH is 21. The van der Waals surface area contributed by atoms with Crippen molar-refractivity contribution in [3.05, 3.63) is 0 Å². The summed E-state index contributed by atoms with van der Waals surface area (Å²) in [6.07, 6.45) is -69.2. The predicted octanol–water partition coefficient (Wildman–Crippen LogP) is -14.2. The smallest absolute Gasteiger partial charge is 0.187 e. The molecule has 444 valence electrons. The van der Waals surface area contributed by atoms with E-state index >= 15 is 0 Å². The van der Waals surface area contributed by atoms with Gasteiger partial charge in [-0.15, -0.1) is 0 Å². The third-order valence-electron chi connectivity index (χ3n) is 14.4. The van der Waals surface area contributed by atoms with Crippen molar-refractivity contribution < 1.29 is 169 Å². The fourth-order valence-corrected chi connectivity index (χ4v) is 9.62. The molecule has 7 aliphatic rings. The molecular formula is C42H72O34. The van der Waals surface area contributed by atoms with Crippen LogP contribution in [0.1, 0.15) is 13.8 Å². The highest BCUT2D eigenvalue weighted by Gasteiger charge is 2.59. The van der Waals surface area contributed by atoms with Crippen molar-refractivity contribution in [2.75, 3.05) is 33.0 Å². The molecule has 0 aromatic rings. The van der Waals surface area contributed by atoms with Gasteiger partial charge < -0.3 is 169 Å². The molecule has 34 nitrogen and oxygen atoms in total. The van der Waals surface area contributed by atoms with Gasteiger partial charge in [0, 0.05) is 0 Å². The van der Waals surface area contributed by atoms with Crippen molar-refractivity contribution >= 4 is 0 Å². The molecule has 35 atom stereocenters. The molecule has 0 spiro atoms. The molecule has 0 unspecified atom stereocenters. The van der Waals surface area contributed by atoms with E-state index in [2.05, 4.69) is 0 Å². The zero-order valence-electron chi connectivity index (χ0n) is 40.4. The zero-order chi connectivity index (χ0) is 55.9. The van der Waals surface area contributed by atoms with Gasteiger partial charge in [0.25, 0.3) is 0 Å². The van der Waals surface area contributed by atoms with Crippen LogP contribution in [0, 0.1) is 0 Å². The maximum absolute atomic E-state index is 12.2. The van der Waals surface area contributed by atoms with Crippen LogP contribution in [0.15, 0.2) is 0 Å². The minimum Gasteiger partial charge on any atom is -0.394 e. The van der Waals surface area contributed by atoms with Gasteiger partial charge in [0.05, 0.1) is 45.2 Å². The van der Waals surface area contributed by atoms with Gasteiger partial charge in [-0.1, -0.05) is 0 Å². The first-order chi connectivity index (χ1) is 35.8. The Balaban J connectivity index is 1.32. The number of aliphatic hydroxyl groups is 21. The summed E-state index contributed by atoms with van der Waals surface area (Å²) in [5, 5.41) is 225. The van der Waals surface area contributed by atoms with Gasteiger partial charge in [-0.25, -0.2) is 0 Å². The van der Waals surface area contributed by atoms with Gasteiger partial charge in [-0.2, -0.15) is 0 Å². The Bertz CT molecular complexity index is 1780. The average molecular weight is 1120 g/mol. The SMILES string of the molecule is C[C@@H]1O[C@@H](OC[C@H]2O[C@H](O[C@H]3[C@H](OC[C@H]4O[C@H](O)[C@@H](O)[C@@H](O)[C@@H]4O)O[C@H](CO)[C@H](O)[C@@H]3O[C@H]3O[C@H](CO)[C@H](O)[C@H](O)[C@H]3O)[C@H](O[C@@H]3O[C@@H](C)[C@@H](O)[C@@H](O)[C@@H]3O)[C@@H](O[C@H]3O[C@H](CO)[C@H](O)[C@H](O)[C@H]3O)[C@H]2O)[C@@H](O)[C@H](O)[C@@H]1O. The summed E-state index contributed by atoms with van der Waals surface area (Å²) < 4.78 is 76.0. The Kier molecular flexibility index (Phi) is 21.5. The van der Waals surface area contributed by atoms with Crippen LogP contribution < -0.4 is 0 Å². The molecule has 0 aliphatic carbocycles. The minimum absolute atomic E-state index is 0.945. The van der Waals surface area contributed by atoms with Crippen molar-refractivity contribution in [2.45, 2.75) is 229 Å². The summed E-state index contributed by atoms with van der Waals surface area (Å²) in [4.78, 5) is 0. The molecule has 21 N–H and O–H groups in total. The molecule has 0 saturated carbocycles. The fraction of sp³-hybridized carbons (Fsp3) is 1.00. The standard InChI is InChI=1S/C42H72O34/c1-8-15(46)22(53)28(59)37(66-8)64-7-14-21(52)33(74-40-31(62)26(57)18(49)11(4-44)70-40)35(75-38-29(60)23(54)16(47)9(2)67-38)42(72-14)76-34-32(73-39-30(61)25(56)17(48)10(3-43)69-39)20(51)12(5-45)71-41(34)65-6-13-19(50)24(55)27(58)36(63)68-13/h8-63H,3-7H2,1-2H3/t8-,9-,10+,11+,12+,13+,14+,15+,16+,17-,18-,19+,20-,21-,22+,23+,24-,25-,26-,27-,28-,29-,30+,31+,32-,33-,34+,35+,36-,37+,38-,39+,40+,41+,42+/m0/s1. The average Bonchev–Trinajstić information content (AvgIpc) is 3.40. The number of rotatable bonds is 17. The molecule has 7 heterocycles. The lowest BCUT2D eigenvalue weighted by molar-refractivity contribution is -0.419. The molecule has 0 bridgehead atoms. The van der Waals surface area contributed by atoms with Crippen LogP contribution in [0.3, 0.4) is 0 Å². The molecule has 7 aliphatic heterocycles. The van der Waals surface area contributed by atoms with E-state index in [1.54, 1.807) is 0 Å². The second kappa shape index (κ2) is 26.3. The van der Waals surface area contributed by atoms with Crippen molar-refractivity contribution in [3.63, 3.8) is 0 Å². The van der Waals surface area contributed by atoms with E-state index in [0.717, 1.165) is 0 Å². The highest BCUT2D eigenvalue weighted by atomic mass is 16.8. The molecular weight excluding hydrogens is 1050 g/mol. The lowest BCUT2D eigenvalue weighted by Gasteiger charge is -2.51. The highest BCUT2D eigenvalue weighted by Crippen LogP contribution is 2.39. The summed E-state index contributed by atoms with van der Waals surface area (Å²) in [6.45, 7) is -2.39. The van der Waals surface area contributed by atoms with Gasteiger partial charge in [-0.05, 0) is 13.8 Å². The quantitative estimate of drug-likeness (QED) is 0.0643. The number of ether oxygens (including phenoxy) is 13. The van der Waals surface area contributed by atoms with Crippen LogP contribution in [0.25, 0.3) is 0 Å². The summed E-state index contributed by atoms with van der Waals surface area (Å²) in [5.74, 6) is 0.